The van der Waals surface area contributed by atoms with E-state index in [-0.39, 0.29) is 11.7 Å². The van der Waals surface area contributed by atoms with Crippen LogP contribution in [0.2, 0.25) is 0 Å². The monoisotopic (exact) mass is 275 g/mol. The third-order valence-electron chi connectivity index (χ3n) is 2.64. The van der Waals surface area contributed by atoms with E-state index in [9.17, 15) is 8.42 Å². The minimum Gasteiger partial charge on any atom is -0.283 e. The van der Waals surface area contributed by atoms with E-state index in [1.165, 1.54) is 0 Å². The zero-order valence-corrected chi connectivity index (χ0v) is 11.9. The number of rotatable bonds is 5. The van der Waals surface area contributed by atoms with Crippen LogP contribution in [0, 0.1) is 19.8 Å². The highest BCUT2D eigenvalue weighted by Crippen LogP contribution is 2.19. The number of benzene rings is 1. The van der Waals surface area contributed by atoms with Crippen LogP contribution in [0.25, 0.3) is 0 Å². The summed E-state index contributed by atoms with van der Waals surface area (Å²) in [5.41, 5.74) is 2.66. The summed E-state index contributed by atoms with van der Waals surface area (Å²) in [6.07, 6.45) is 0. The quantitative estimate of drug-likeness (QED) is 0.840. The lowest BCUT2D eigenvalue weighted by Gasteiger charge is -2.13. The van der Waals surface area contributed by atoms with Crippen molar-refractivity contribution in [3.8, 4) is 0 Å². The number of aryl methyl sites for hydroxylation is 1. The van der Waals surface area contributed by atoms with E-state index in [0.717, 1.165) is 11.1 Å². The van der Waals surface area contributed by atoms with Crippen molar-refractivity contribution in [2.75, 3.05) is 16.4 Å². The van der Waals surface area contributed by atoms with E-state index in [4.69, 9.17) is 11.6 Å². The lowest BCUT2D eigenvalue weighted by Crippen LogP contribution is -2.22. The molecule has 1 atom stereocenters. The molecule has 0 bridgehead atoms. The van der Waals surface area contributed by atoms with Gasteiger partial charge in [0, 0.05) is 5.88 Å². The molecule has 1 unspecified atom stereocenters. The van der Waals surface area contributed by atoms with Crippen LogP contribution < -0.4 is 4.72 Å². The predicted octanol–water partition coefficient (Wildman–Crippen LogP) is 2.92. The fraction of sp³-hybridized carbons (Fsp3) is 0.500. The summed E-state index contributed by atoms with van der Waals surface area (Å²) in [5.74, 6) is 0.330. The van der Waals surface area contributed by atoms with Gasteiger partial charge < -0.3 is 0 Å². The van der Waals surface area contributed by atoms with Gasteiger partial charge >= 0.3 is 0 Å². The smallest absolute Gasteiger partial charge is 0.233 e. The molecule has 17 heavy (non-hydrogen) atoms. The average molecular weight is 276 g/mol. The Bertz CT molecular complexity index is 485. The zero-order chi connectivity index (χ0) is 13.1. The number of alkyl halides is 1. The highest BCUT2D eigenvalue weighted by molar-refractivity contribution is 7.92. The number of hydrogen-bond donors (Lipinski definition) is 1. The first-order valence-corrected chi connectivity index (χ1v) is 7.67. The largest absolute Gasteiger partial charge is 0.283 e. The summed E-state index contributed by atoms with van der Waals surface area (Å²) in [6.45, 7) is 5.67. The van der Waals surface area contributed by atoms with Gasteiger partial charge in [0.2, 0.25) is 10.0 Å². The third-order valence-corrected chi connectivity index (χ3v) is 4.70. The molecule has 0 saturated heterocycles. The Labute approximate surface area is 108 Å². The molecule has 0 aliphatic carbocycles. The fourth-order valence-corrected chi connectivity index (χ4v) is 3.23. The second-order valence-corrected chi connectivity index (χ2v) is 6.47. The van der Waals surface area contributed by atoms with Crippen molar-refractivity contribution >= 4 is 27.3 Å². The topological polar surface area (TPSA) is 46.2 Å². The maximum atomic E-state index is 11.9. The van der Waals surface area contributed by atoms with Crippen LogP contribution in [0.1, 0.15) is 18.1 Å². The number of nitrogens with one attached hydrogen (secondary N) is 1. The van der Waals surface area contributed by atoms with E-state index in [1.807, 2.05) is 32.9 Å². The van der Waals surface area contributed by atoms with Crippen LogP contribution in [0.5, 0.6) is 0 Å². The first-order chi connectivity index (χ1) is 7.85. The Morgan fingerprint density at radius 2 is 2.00 bits per heavy atom. The molecule has 0 saturated carbocycles. The first kappa shape index (κ1) is 14.3. The van der Waals surface area contributed by atoms with Gasteiger partial charge in [-0.05, 0) is 37.0 Å². The van der Waals surface area contributed by atoms with E-state index in [0.29, 0.717) is 11.6 Å². The SMILES string of the molecule is Cc1cccc(NS(=O)(=O)CC(C)CCl)c1C. The van der Waals surface area contributed by atoms with Crippen molar-refractivity contribution < 1.29 is 8.42 Å². The van der Waals surface area contributed by atoms with Gasteiger partial charge in [0.25, 0.3) is 0 Å². The summed E-state index contributed by atoms with van der Waals surface area (Å²) in [7, 11) is -3.32. The van der Waals surface area contributed by atoms with E-state index in [2.05, 4.69) is 4.72 Å². The molecule has 1 rings (SSSR count). The molecule has 1 aromatic carbocycles. The molecule has 0 spiro atoms. The van der Waals surface area contributed by atoms with Gasteiger partial charge in [-0.3, -0.25) is 4.72 Å². The molecular formula is C12H18ClNO2S. The number of sulfonamides is 1. The van der Waals surface area contributed by atoms with Crippen molar-refractivity contribution in [2.24, 2.45) is 5.92 Å². The Morgan fingerprint density at radius 1 is 1.35 bits per heavy atom. The van der Waals surface area contributed by atoms with Crippen LogP contribution in [0.15, 0.2) is 18.2 Å². The number of halogens is 1. The van der Waals surface area contributed by atoms with Crippen LogP contribution in [0.3, 0.4) is 0 Å². The normalized spacial score (nSPS) is 13.4. The number of hydrogen-bond acceptors (Lipinski definition) is 2. The molecule has 0 aliphatic heterocycles. The Kier molecular flexibility index (Phi) is 4.83. The summed E-state index contributed by atoms with van der Waals surface area (Å²) in [6, 6.07) is 5.56. The second-order valence-electron chi connectivity index (χ2n) is 4.39. The molecule has 0 aliphatic rings. The second kappa shape index (κ2) is 5.74. The van der Waals surface area contributed by atoms with Crippen LogP contribution >= 0.6 is 11.6 Å². The molecule has 0 amide bonds. The lowest BCUT2D eigenvalue weighted by atomic mass is 10.1. The van der Waals surface area contributed by atoms with Gasteiger partial charge in [0.1, 0.15) is 0 Å². The van der Waals surface area contributed by atoms with Crippen molar-refractivity contribution in [3.63, 3.8) is 0 Å². The summed E-state index contributed by atoms with van der Waals surface area (Å²) in [5, 5.41) is 0. The average Bonchev–Trinajstić information content (AvgIpc) is 2.23. The van der Waals surface area contributed by atoms with E-state index < -0.39 is 10.0 Å². The Morgan fingerprint density at radius 3 is 2.59 bits per heavy atom. The minimum absolute atomic E-state index is 0.0455. The molecule has 0 radical (unpaired) electrons. The lowest BCUT2D eigenvalue weighted by molar-refractivity contribution is 0.588. The first-order valence-electron chi connectivity index (χ1n) is 5.48. The maximum absolute atomic E-state index is 11.9. The van der Waals surface area contributed by atoms with Crippen molar-refractivity contribution in [3.05, 3.63) is 29.3 Å². The predicted molar refractivity (Wildman–Crippen MR) is 73.2 cm³/mol. The molecule has 96 valence electrons. The summed E-state index contributed by atoms with van der Waals surface area (Å²) < 4.78 is 26.3. The van der Waals surface area contributed by atoms with Crippen molar-refractivity contribution in [1.29, 1.82) is 0 Å². The van der Waals surface area contributed by atoms with Gasteiger partial charge in [-0.25, -0.2) is 8.42 Å². The maximum Gasteiger partial charge on any atom is 0.233 e. The minimum atomic E-state index is -3.32. The molecule has 0 fully saturated rings. The van der Waals surface area contributed by atoms with Gasteiger partial charge in [0.15, 0.2) is 0 Å². The van der Waals surface area contributed by atoms with Gasteiger partial charge in [0.05, 0.1) is 11.4 Å². The Balaban J connectivity index is 2.87. The zero-order valence-electron chi connectivity index (χ0n) is 10.3. The molecule has 1 aromatic rings. The molecule has 1 N–H and O–H groups in total. The van der Waals surface area contributed by atoms with Crippen LogP contribution in [0.4, 0.5) is 5.69 Å². The molecule has 3 nitrogen and oxygen atoms in total. The summed E-state index contributed by atoms with van der Waals surface area (Å²) in [4.78, 5) is 0. The van der Waals surface area contributed by atoms with Crippen molar-refractivity contribution in [2.45, 2.75) is 20.8 Å². The van der Waals surface area contributed by atoms with Crippen LogP contribution in [-0.4, -0.2) is 20.1 Å². The third kappa shape index (κ3) is 4.21. The Hall–Kier alpha value is -0.740. The highest BCUT2D eigenvalue weighted by atomic mass is 35.5. The van der Waals surface area contributed by atoms with Gasteiger partial charge in [-0.1, -0.05) is 19.1 Å². The molecular weight excluding hydrogens is 258 g/mol. The number of anilines is 1. The van der Waals surface area contributed by atoms with E-state index >= 15 is 0 Å². The fourth-order valence-electron chi connectivity index (χ4n) is 1.49. The molecule has 5 heteroatoms. The van der Waals surface area contributed by atoms with E-state index in [1.54, 1.807) is 6.07 Å². The summed E-state index contributed by atoms with van der Waals surface area (Å²) >= 11 is 5.63. The van der Waals surface area contributed by atoms with Crippen LogP contribution in [-0.2, 0) is 10.0 Å². The highest BCUT2D eigenvalue weighted by Gasteiger charge is 2.16. The van der Waals surface area contributed by atoms with Crippen molar-refractivity contribution in [1.82, 2.24) is 0 Å². The van der Waals surface area contributed by atoms with Gasteiger partial charge in [-0.2, -0.15) is 0 Å². The molecule has 0 aromatic heterocycles. The van der Waals surface area contributed by atoms with Gasteiger partial charge in [-0.15, -0.1) is 11.6 Å². The molecule has 0 heterocycles. The standard InChI is InChI=1S/C12H18ClNO2S/c1-9(7-13)8-17(15,16)14-12-6-4-5-10(2)11(12)3/h4-6,9,14H,7-8H2,1-3H3.